The van der Waals surface area contributed by atoms with Crippen LogP contribution in [-0.2, 0) is 20.0 Å². The maximum absolute atomic E-state index is 13.8. The Hall–Kier alpha value is -3.18. The van der Waals surface area contributed by atoms with E-state index in [9.17, 15) is 25.6 Å². The zero-order valence-electron chi connectivity index (χ0n) is 15.5. The highest BCUT2D eigenvalue weighted by molar-refractivity contribution is 7.93. The van der Waals surface area contributed by atoms with Crippen LogP contribution in [0.4, 0.5) is 20.2 Å². The summed E-state index contributed by atoms with van der Waals surface area (Å²) in [7, 11) is -6.86. The standard InChI is InChI=1S/C19H16F2N2O5S2/c1-28-16-7-3-14(4-8-16)22-29(24,25)17-9-5-15(6-10-17)23-30(26,27)19-12-13(20)2-11-18(19)21/h2-12,22-23H,1H3. The van der Waals surface area contributed by atoms with E-state index in [1.807, 2.05) is 0 Å². The number of rotatable bonds is 7. The Morgan fingerprint density at radius 2 is 1.27 bits per heavy atom. The van der Waals surface area contributed by atoms with Crippen LogP contribution in [0.1, 0.15) is 0 Å². The third-order valence-electron chi connectivity index (χ3n) is 3.94. The Balaban J connectivity index is 1.79. The molecule has 0 unspecified atom stereocenters. The lowest BCUT2D eigenvalue weighted by Crippen LogP contribution is -2.16. The zero-order valence-corrected chi connectivity index (χ0v) is 17.1. The van der Waals surface area contributed by atoms with Crippen LogP contribution in [0.2, 0.25) is 0 Å². The molecule has 7 nitrogen and oxygen atoms in total. The highest BCUT2D eigenvalue weighted by Crippen LogP contribution is 2.23. The van der Waals surface area contributed by atoms with Gasteiger partial charge in [0.1, 0.15) is 22.3 Å². The normalized spacial score (nSPS) is 11.7. The predicted molar refractivity (Wildman–Crippen MR) is 107 cm³/mol. The fourth-order valence-corrected chi connectivity index (χ4v) is 4.68. The van der Waals surface area contributed by atoms with Crippen molar-refractivity contribution in [2.45, 2.75) is 9.79 Å². The number of hydrogen-bond acceptors (Lipinski definition) is 5. The minimum atomic E-state index is -4.41. The van der Waals surface area contributed by atoms with Gasteiger partial charge in [0.2, 0.25) is 0 Å². The second-order valence-electron chi connectivity index (χ2n) is 6.04. The van der Waals surface area contributed by atoms with Gasteiger partial charge in [-0.2, -0.15) is 0 Å². The lowest BCUT2D eigenvalue weighted by atomic mass is 10.3. The number of sulfonamides is 2. The molecule has 0 spiro atoms. The molecule has 0 atom stereocenters. The van der Waals surface area contributed by atoms with Crippen molar-refractivity contribution in [2.75, 3.05) is 16.6 Å². The van der Waals surface area contributed by atoms with Gasteiger partial charge >= 0.3 is 0 Å². The molecule has 0 aliphatic heterocycles. The van der Waals surface area contributed by atoms with Crippen molar-refractivity contribution in [2.24, 2.45) is 0 Å². The van der Waals surface area contributed by atoms with Crippen molar-refractivity contribution in [3.63, 3.8) is 0 Å². The second kappa shape index (κ2) is 8.28. The van der Waals surface area contributed by atoms with Crippen LogP contribution in [0.25, 0.3) is 0 Å². The maximum Gasteiger partial charge on any atom is 0.264 e. The summed E-state index contributed by atoms with van der Waals surface area (Å²) in [4.78, 5) is -0.987. The molecule has 11 heteroatoms. The summed E-state index contributed by atoms with van der Waals surface area (Å²) in [5.41, 5.74) is 0.282. The number of hydrogen-bond donors (Lipinski definition) is 2. The van der Waals surface area contributed by atoms with Crippen molar-refractivity contribution in [1.29, 1.82) is 0 Å². The van der Waals surface area contributed by atoms with E-state index in [4.69, 9.17) is 4.74 Å². The average molecular weight is 454 g/mol. The first-order chi connectivity index (χ1) is 14.1. The molecule has 0 aliphatic carbocycles. The van der Waals surface area contributed by atoms with E-state index in [1.165, 1.54) is 43.5 Å². The summed E-state index contributed by atoms with van der Waals surface area (Å²) < 4.78 is 86.1. The van der Waals surface area contributed by atoms with Crippen LogP contribution in [0.15, 0.2) is 76.5 Å². The molecule has 3 aromatic rings. The van der Waals surface area contributed by atoms with Crippen molar-refractivity contribution < 1.29 is 30.4 Å². The Bertz CT molecular complexity index is 1260. The number of halogens is 2. The van der Waals surface area contributed by atoms with Crippen molar-refractivity contribution in [1.82, 2.24) is 0 Å². The molecule has 0 aliphatic rings. The van der Waals surface area contributed by atoms with E-state index in [1.54, 1.807) is 12.1 Å². The van der Waals surface area contributed by atoms with Gasteiger partial charge in [0, 0.05) is 11.4 Å². The molecule has 0 radical (unpaired) electrons. The van der Waals surface area contributed by atoms with Crippen LogP contribution in [0.5, 0.6) is 5.75 Å². The molecule has 30 heavy (non-hydrogen) atoms. The predicted octanol–water partition coefficient (Wildman–Crippen LogP) is 3.58. The monoisotopic (exact) mass is 454 g/mol. The minimum absolute atomic E-state index is 0.0259. The smallest absolute Gasteiger partial charge is 0.264 e. The Morgan fingerprint density at radius 3 is 1.83 bits per heavy atom. The van der Waals surface area contributed by atoms with Gasteiger partial charge in [0.05, 0.1) is 12.0 Å². The van der Waals surface area contributed by atoms with Crippen molar-refractivity contribution in [3.05, 3.63) is 78.4 Å². The number of benzene rings is 3. The second-order valence-corrected chi connectivity index (χ2v) is 9.37. The van der Waals surface area contributed by atoms with Gasteiger partial charge < -0.3 is 4.74 Å². The number of methoxy groups -OCH3 is 1. The molecule has 3 rings (SSSR count). The summed E-state index contributed by atoms with van der Waals surface area (Å²) in [5.74, 6) is -1.47. The molecule has 2 N–H and O–H groups in total. The van der Waals surface area contributed by atoms with E-state index in [0.29, 0.717) is 23.6 Å². The minimum Gasteiger partial charge on any atom is -0.497 e. The fraction of sp³-hybridized carbons (Fsp3) is 0.0526. The summed E-state index contributed by atoms with van der Waals surface area (Å²) in [6.45, 7) is 0. The van der Waals surface area contributed by atoms with Gasteiger partial charge in [-0.1, -0.05) is 0 Å². The third kappa shape index (κ3) is 4.86. The number of anilines is 2. The van der Waals surface area contributed by atoms with E-state index >= 15 is 0 Å². The van der Waals surface area contributed by atoms with E-state index < -0.39 is 36.6 Å². The zero-order chi connectivity index (χ0) is 21.9. The van der Waals surface area contributed by atoms with Crippen molar-refractivity contribution >= 4 is 31.4 Å². The number of ether oxygens (including phenoxy) is 1. The quantitative estimate of drug-likeness (QED) is 0.568. The first-order valence-corrected chi connectivity index (χ1v) is 11.3. The highest BCUT2D eigenvalue weighted by Gasteiger charge is 2.21. The van der Waals surface area contributed by atoms with Gasteiger partial charge in [-0.25, -0.2) is 25.6 Å². The molecule has 3 aromatic carbocycles. The fourth-order valence-electron chi connectivity index (χ4n) is 2.47. The largest absolute Gasteiger partial charge is 0.497 e. The lowest BCUT2D eigenvalue weighted by Gasteiger charge is -2.11. The highest BCUT2D eigenvalue weighted by atomic mass is 32.2. The molecule has 0 heterocycles. The first kappa shape index (κ1) is 21.5. The Kier molecular flexibility index (Phi) is 5.94. The van der Waals surface area contributed by atoms with Gasteiger partial charge in [-0.05, 0) is 66.7 Å². The summed E-state index contributed by atoms with van der Waals surface area (Å²) in [5, 5.41) is 0. The van der Waals surface area contributed by atoms with Gasteiger partial charge in [0.25, 0.3) is 20.0 Å². The van der Waals surface area contributed by atoms with Gasteiger partial charge in [0.15, 0.2) is 0 Å². The molecule has 0 saturated carbocycles. The third-order valence-corrected chi connectivity index (χ3v) is 6.74. The summed E-state index contributed by atoms with van der Waals surface area (Å²) >= 11 is 0. The molecule has 158 valence electrons. The summed E-state index contributed by atoms with van der Waals surface area (Å²) in [6.07, 6.45) is 0. The Labute approximate surface area is 172 Å². The topological polar surface area (TPSA) is 102 Å². The molecular weight excluding hydrogens is 438 g/mol. The van der Waals surface area contributed by atoms with Crippen LogP contribution < -0.4 is 14.2 Å². The van der Waals surface area contributed by atoms with E-state index in [2.05, 4.69) is 9.44 Å². The number of nitrogens with one attached hydrogen (secondary N) is 2. The maximum atomic E-state index is 13.8. The SMILES string of the molecule is COc1ccc(NS(=O)(=O)c2ccc(NS(=O)(=O)c3cc(F)ccc3F)cc2)cc1. The van der Waals surface area contributed by atoms with E-state index in [0.717, 1.165) is 6.07 Å². The summed E-state index contributed by atoms with van der Waals surface area (Å²) in [6, 6.07) is 13.0. The molecule has 0 bridgehead atoms. The molecular formula is C19H16F2N2O5S2. The van der Waals surface area contributed by atoms with Crippen LogP contribution in [0.3, 0.4) is 0 Å². The molecule has 0 fully saturated rings. The lowest BCUT2D eigenvalue weighted by molar-refractivity contribution is 0.415. The Morgan fingerprint density at radius 1 is 0.733 bits per heavy atom. The molecule has 0 amide bonds. The molecule has 0 saturated heterocycles. The van der Waals surface area contributed by atoms with Gasteiger partial charge in [-0.3, -0.25) is 9.44 Å². The van der Waals surface area contributed by atoms with E-state index in [-0.39, 0.29) is 10.6 Å². The van der Waals surface area contributed by atoms with Crippen LogP contribution >= 0.6 is 0 Å². The van der Waals surface area contributed by atoms with Crippen LogP contribution in [0, 0.1) is 11.6 Å². The molecule has 0 aromatic heterocycles. The first-order valence-electron chi connectivity index (χ1n) is 8.35. The van der Waals surface area contributed by atoms with Crippen LogP contribution in [-0.4, -0.2) is 23.9 Å². The average Bonchev–Trinajstić information content (AvgIpc) is 2.70. The van der Waals surface area contributed by atoms with Crippen molar-refractivity contribution in [3.8, 4) is 5.75 Å². The van der Waals surface area contributed by atoms with Gasteiger partial charge in [-0.15, -0.1) is 0 Å².